The largest absolute Gasteiger partial charge is 0.492 e. The summed E-state index contributed by atoms with van der Waals surface area (Å²) in [7, 11) is 0. The van der Waals surface area contributed by atoms with Crippen LogP contribution in [0.25, 0.3) is 0 Å². The molecule has 0 spiro atoms. The minimum atomic E-state index is -0.697. The highest BCUT2D eigenvalue weighted by Gasteiger charge is 2.10. The second-order valence-corrected chi connectivity index (χ2v) is 7.31. The van der Waals surface area contributed by atoms with Crippen LogP contribution in [0.1, 0.15) is 12.8 Å². The summed E-state index contributed by atoms with van der Waals surface area (Å²) in [6.07, 6.45) is 0.401. The van der Waals surface area contributed by atoms with Crippen molar-refractivity contribution in [2.24, 2.45) is 0 Å². The van der Waals surface area contributed by atoms with Crippen LogP contribution >= 0.6 is 34.8 Å². The fourth-order valence-corrected chi connectivity index (χ4v) is 2.69. The number of benzene rings is 2. The Bertz CT molecular complexity index is 908. The van der Waals surface area contributed by atoms with Gasteiger partial charge in [-0.25, -0.2) is 0 Å². The van der Waals surface area contributed by atoms with E-state index >= 15 is 0 Å². The maximum absolute atomic E-state index is 11.7. The summed E-state index contributed by atoms with van der Waals surface area (Å²) in [5, 5.41) is 1.40. The van der Waals surface area contributed by atoms with Gasteiger partial charge >= 0.3 is 5.97 Å². The molecule has 0 atom stereocenters. The standard InChI is InChI=1S/C20H19Cl3N2O6/c21-13-3-6-15(7-4-13)30-11-18(26)24-25-19(27)12-31-20(28)2-1-9-29-17-8-5-14(22)10-16(17)23/h3-8,10H,1-2,9,11-12H2,(H,24,26)(H,25,27). The highest BCUT2D eigenvalue weighted by atomic mass is 35.5. The summed E-state index contributed by atoms with van der Waals surface area (Å²) in [5.74, 6) is -0.972. The van der Waals surface area contributed by atoms with E-state index in [2.05, 4.69) is 10.9 Å². The van der Waals surface area contributed by atoms with Crippen LogP contribution in [0.5, 0.6) is 11.5 Å². The van der Waals surface area contributed by atoms with Gasteiger partial charge in [-0.2, -0.15) is 0 Å². The number of nitrogens with one attached hydrogen (secondary N) is 2. The van der Waals surface area contributed by atoms with Crippen LogP contribution in [0, 0.1) is 0 Å². The summed E-state index contributed by atoms with van der Waals surface area (Å²) in [6, 6.07) is 11.2. The number of rotatable bonds is 10. The van der Waals surface area contributed by atoms with E-state index in [1.807, 2.05) is 0 Å². The van der Waals surface area contributed by atoms with E-state index in [9.17, 15) is 14.4 Å². The van der Waals surface area contributed by atoms with Crippen LogP contribution in [-0.2, 0) is 19.1 Å². The topological polar surface area (TPSA) is 103 Å². The molecule has 0 fully saturated rings. The van der Waals surface area contributed by atoms with Crippen molar-refractivity contribution in [2.75, 3.05) is 19.8 Å². The van der Waals surface area contributed by atoms with Gasteiger partial charge in [0, 0.05) is 16.5 Å². The van der Waals surface area contributed by atoms with E-state index in [1.165, 1.54) is 0 Å². The normalized spacial score (nSPS) is 10.2. The molecule has 166 valence electrons. The summed E-state index contributed by atoms with van der Waals surface area (Å²) < 4.78 is 15.5. The first kappa shape index (κ1) is 24.6. The molecule has 0 heterocycles. The van der Waals surface area contributed by atoms with Crippen molar-refractivity contribution in [3.8, 4) is 11.5 Å². The predicted octanol–water partition coefficient (Wildman–Crippen LogP) is 3.58. The van der Waals surface area contributed by atoms with Crippen molar-refractivity contribution in [2.45, 2.75) is 12.8 Å². The molecule has 2 amide bonds. The van der Waals surface area contributed by atoms with Crippen molar-refractivity contribution in [1.82, 2.24) is 10.9 Å². The lowest BCUT2D eigenvalue weighted by Crippen LogP contribution is -2.45. The summed E-state index contributed by atoms with van der Waals surface area (Å²) in [5.41, 5.74) is 4.26. The van der Waals surface area contributed by atoms with Crippen LogP contribution < -0.4 is 20.3 Å². The molecule has 0 saturated carbocycles. The molecule has 0 saturated heterocycles. The predicted molar refractivity (Wildman–Crippen MR) is 115 cm³/mol. The molecule has 0 aliphatic heterocycles. The van der Waals surface area contributed by atoms with Gasteiger partial charge in [-0.3, -0.25) is 25.2 Å². The van der Waals surface area contributed by atoms with Gasteiger partial charge in [-0.1, -0.05) is 34.8 Å². The lowest BCUT2D eigenvalue weighted by Gasteiger charge is -2.10. The third-order valence-electron chi connectivity index (χ3n) is 3.57. The molecule has 0 aromatic heterocycles. The number of carbonyl (C=O) groups excluding carboxylic acids is 3. The van der Waals surface area contributed by atoms with Crippen molar-refractivity contribution < 1.29 is 28.6 Å². The van der Waals surface area contributed by atoms with E-state index in [4.69, 9.17) is 49.0 Å². The van der Waals surface area contributed by atoms with Gasteiger partial charge in [0.15, 0.2) is 13.2 Å². The molecule has 11 heteroatoms. The minimum absolute atomic E-state index is 0.0414. The van der Waals surface area contributed by atoms with Gasteiger partial charge in [0.2, 0.25) is 0 Å². The van der Waals surface area contributed by atoms with Crippen molar-refractivity contribution in [1.29, 1.82) is 0 Å². The molecular weight excluding hydrogens is 471 g/mol. The number of halogens is 3. The van der Waals surface area contributed by atoms with Crippen LogP contribution in [-0.4, -0.2) is 37.6 Å². The van der Waals surface area contributed by atoms with Crippen LogP contribution in [0.15, 0.2) is 42.5 Å². The first-order chi connectivity index (χ1) is 14.8. The summed E-state index contributed by atoms with van der Waals surface area (Å²) >= 11 is 17.5. The fraction of sp³-hybridized carbons (Fsp3) is 0.250. The Morgan fingerprint density at radius 1 is 0.806 bits per heavy atom. The highest BCUT2D eigenvalue weighted by Crippen LogP contribution is 2.27. The SMILES string of the molecule is O=C(COC(=O)CCCOc1ccc(Cl)cc1Cl)NNC(=O)COc1ccc(Cl)cc1. The van der Waals surface area contributed by atoms with Crippen molar-refractivity contribution >= 4 is 52.6 Å². The monoisotopic (exact) mass is 488 g/mol. The minimum Gasteiger partial charge on any atom is -0.492 e. The Morgan fingerprint density at radius 3 is 2.13 bits per heavy atom. The molecule has 0 unspecified atom stereocenters. The lowest BCUT2D eigenvalue weighted by atomic mass is 10.3. The fourth-order valence-electron chi connectivity index (χ4n) is 2.10. The average Bonchev–Trinajstić information content (AvgIpc) is 2.74. The number of hydrogen-bond donors (Lipinski definition) is 2. The number of amides is 2. The third-order valence-corrected chi connectivity index (χ3v) is 4.35. The number of hydrazine groups is 1. The summed E-state index contributed by atoms with van der Waals surface area (Å²) in [6.45, 7) is -0.632. The number of carbonyl (C=O) groups is 3. The van der Waals surface area contributed by atoms with E-state index in [1.54, 1.807) is 42.5 Å². The smallest absolute Gasteiger partial charge is 0.306 e. The number of hydrogen-bond acceptors (Lipinski definition) is 6. The molecule has 31 heavy (non-hydrogen) atoms. The lowest BCUT2D eigenvalue weighted by molar-refractivity contribution is -0.149. The highest BCUT2D eigenvalue weighted by molar-refractivity contribution is 6.35. The molecule has 0 radical (unpaired) electrons. The zero-order valence-corrected chi connectivity index (χ0v) is 18.4. The third kappa shape index (κ3) is 9.78. The molecule has 8 nitrogen and oxygen atoms in total. The summed E-state index contributed by atoms with van der Waals surface area (Å²) in [4.78, 5) is 35.0. The van der Waals surface area contributed by atoms with Crippen molar-refractivity contribution in [3.63, 3.8) is 0 Å². The molecule has 2 N–H and O–H groups in total. The second-order valence-electron chi connectivity index (χ2n) is 6.03. The molecule has 2 aromatic rings. The second kappa shape index (κ2) is 12.9. The number of ether oxygens (including phenoxy) is 3. The van der Waals surface area contributed by atoms with Gasteiger partial charge in [0.1, 0.15) is 11.5 Å². The maximum atomic E-state index is 11.7. The van der Waals surface area contributed by atoms with Crippen LogP contribution in [0.2, 0.25) is 15.1 Å². The molecule has 0 aliphatic rings. The van der Waals surface area contributed by atoms with Gasteiger partial charge < -0.3 is 14.2 Å². The zero-order chi connectivity index (χ0) is 22.6. The average molecular weight is 490 g/mol. The molecule has 0 bridgehead atoms. The zero-order valence-electron chi connectivity index (χ0n) is 16.2. The van der Waals surface area contributed by atoms with Crippen LogP contribution in [0.4, 0.5) is 0 Å². The van der Waals surface area contributed by atoms with Gasteiger partial charge in [-0.15, -0.1) is 0 Å². The van der Waals surface area contributed by atoms with E-state index in [-0.39, 0.29) is 19.6 Å². The van der Waals surface area contributed by atoms with E-state index in [0.29, 0.717) is 33.0 Å². The van der Waals surface area contributed by atoms with Gasteiger partial charge in [0.25, 0.3) is 11.8 Å². The Morgan fingerprint density at radius 2 is 1.45 bits per heavy atom. The number of esters is 1. The Kier molecular flexibility index (Phi) is 10.2. The molecule has 0 aliphatic carbocycles. The quantitative estimate of drug-likeness (QED) is 0.300. The first-order valence-corrected chi connectivity index (χ1v) is 10.2. The Balaban J connectivity index is 1.54. The van der Waals surface area contributed by atoms with Gasteiger partial charge in [-0.05, 0) is 48.9 Å². The Labute approximate surface area is 193 Å². The molecule has 2 aromatic carbocycles. The van der Waals surface area contributed by atoms with E-state index < -0.39 is 24.4 Å². The molecule has 2 rings (SSSR count). The maximum Gasteiger partial charge on any atom is 0.306 e. The first-order valence-electron chi connectivity index (χ1n) is 9.03. The van der Waals surface area contributed by atoms with Crippen molar-refractivity contribution in [3.05, 3.63) is 57.5 Å². The Hall–Kier alpha value is -2.68. The molecular formula is C20H19Cl3N2O6. The van der Waals surface area contributed by atoms with E-state index in [0.717, 1.165) is 0 Å². The van der Waals surface area contributed by atoms with Gasteiger partial charge in [0.05, 0.1) is 11.6 Å². The van der Waals surface area contributed by atoms with Crippen LogP contribution in [0.3, 0.4) is 0 Å².